The van der Waals surface area contributed by atoms with Crippen molar-refractivity contribution < 1.29 is 17.6 Å². The molecule has 1 N–H and O–H groups in total. The number of rotatable bonds is 3. The Labute approximate surface area is 104 Å². The Balaban J connectivity index is 2.16. The van der Waals surface area contributed by atoms with Gasteiger partial charge in [-0.3, -0.25) is 0 Å². The molecule has 2 nitrogen and oxygen atoms in total. The molecule has 7 heteroatoms. The Morgan fingerprint density at radius 1 is 1.28 bits per heavy atom. The molecule has 0 aliphatic carbocycles. The van der Waals surface area contributed by atoms with Gasteiger partial charge < -0.3 is 5.32 Å². The van der Waals surface area contributed by atoms with Crippen molar-refractivity contribution in [1.82, 2.24) is 4.98 Å². The van der Waals surface area contributed by atoms with Gasteiger partial charge in [-0.15, -0.1) is 11.3 Å². The van der Waals surface area contributed by atoms with E-state index in [0.717, 1.165) is 12.1 Å². The average Bonchev–Trinajstić information content (AvgIpc) is 2.79. The Bertz CT molecular complexity index is 522. The van der Waals surface area contributed by atoms with Crippen LogP contribution in [0.2, 0.25) is 0 Å². The van der Waals surface area contributed by atoms with Gasteiger partial charge in [-0.25, -0.2) is 9.37 Å². The van der Waals surface area contributed by atoms with Crippen molar-refractivity contribution in [2.75, 3.05) is 5.32 Å². The van der Waals surface area contributed by atoms with Gasteiger partial charge in [-0.05, 0) is 18.2 Å². The van der Waals surface area contributed by atoms with Crippen LogP contribution < -0.4 is 5.32 Å². The molecule has 0 saturated carbocycles. The van der Waals surface area contributed by atoms with E-state index in [4.69, 9.17) is 0 Å². The van der Waals surface area contributed by atoms with E-state index in [-0.39, 0.29) is 12.2 Å². The van der Waals surface area contributed by atoms with Crippen LogP contribution in [-0.4, -0.2) is 4.98 Å². The van der Waals surface area contributed by atoms with Crippen LogP contribution in [0.4, 0.5) is 23.2 Å². The molecule has 0 atom stereocenters. The summed E-state index contributed by atoms with van der Waals surface area (Å²) in [5.41, 5.74) is 1.18. The van der Waals surface area contributed by atoms with Crippen molar-refractivity contribution in [2.45, 2.75) is 12.7 Å². The van der Waals surface area contributed by atoms with Crippen molar-refractivity contribution in [1.29, 1.82) is 0 Å². The molecule has 18 heavy (non-hydrogen) atoms. The third-order valence-electron chi connectivity index (χ3n) is 2.24. The summed E-state index contributed by atoms with van der Waals surface area (Å²) < 4.78 is 50.7. The zero-order chi connectivity index (χ0) is 13.2. The first-order chi connectivity index (χ1) is 8.47. The normalized spacial score (nSPS) is 11.6. The molecule has 0 amide bonds. The van der Waals surface area contributed by atoms with Crippen molar-refractivity contribution in [3.8, 4) is 0 Å². The Morgan fingerprint density at radius 3 is 2.67 bits per heavy atom. The average molecular weight is 276 g/mol. The molecular weight excluding hydrogens is 268 g/mol. The number of halogens is 4. The second-order valence-electron chi connectivity index (χ2n) is 3.53. The maximum atomic E-state index is 13.3. The minimum Gasteiger partial charge on any atom is -0.377 e. The van der Waals surface area contributed by atoms with Gasteiger partial charge in [0.2, 0.25) is 0 Å². The highest BCUT2D eigenvalue weighted by Crippen LogP contribution is 2.31. The third-order valence-corrected chi connectivity index (χ3v) is 2.87. The summed E-state index contributed by atoms with van der Waals surface area (Å²) in [5.74, 6) is -0.724. The van der Waals surface area contributed by atoms with Gasteiger partial charge in [0.05, 0.1) is 29.0 Å². The molecule has 2 aromatic rings. The maximum absolute atomic E-state index is 13.3. The van der Waals surface area contributed by atoms with Gasteiger partial charge in [-0.1, -0.05) is 0 Å². The molecule has 2 rings (SSSR count). The molecule has 96 valence electrons. The lowest BCUT2D eigenvalue weighted by Crippen LogP contribution is -2.08. The smallest absolute Gasteiger partial charge is 0.377 e. The standard InChI is InChI=1S/C11H8F4N2S/c12-9-2-1-7(11(13,14)15)3-10(9)16-4-8-5-18-6-17-8/h1-3,5-6,16H,4H2. The summed E-state index contributed by atoms with van der Waals surface area (Å²) >= 11 is 1.36. The van der Waals surface area contributed by atoms with Crippen LogP contribution in [0.5, 0.6) is 0 Å². The van der Waals surface area contributed by atoms with Crippen LogP contribution >= 0.6 is 11.3 Å². The monoisotopic (exact) mass is 276 g/mol. The van der Waals surface area contributed by atoms with Gasteiger partial charge >= 0.3 is 6.18 Å². The summed E-state index contributed by atoms with van der Waals surface area (Å²) in [4.78, 5) is 3.94. The topological polar surface area (TPSA) is 24.9 Å². The fraction of sp³-hybridized carbons (Fsp3) is 0.182. The number of nitrogens with zero attached hydrogens (tertiary/aromatic N) is 1. The minimum absolute atomic E-state index is 0.182. The highest BCUT2D eigenvalue weighted by atomic mass is 32.1. The van der Waals surface area contributed by atoms with E-state index < -0.39 is 17.6 Å². The van der Waals surface area contributed by atoms with E-state index in [1.54, 1.807) is 10.9 Å². The number of alkyl halides is 3. The van der Waals surface area contributed by atoms with Crippen LogP contribution in [-0.2, 0) is 12.7 Å². The molecule has 1 heterocycles. The summed E-state index contributed by atoms with van der Waals surface area (Å²) in [6, 6.07) is 2.26. The third kappa shape index (κ3) is 2.98. The number of anilines is 1. The van der Waals surface area contributed by atoms with E-state index in [0.29, 0.717) is 11.8 Å². The van der Waals surface area contributed by atoms with Gasteiger partial charge in [-0.2, -0.15) is 13.2 Å². The molecule has 0 bridgehead atoms. The van der Waals surface area contributed by atoms with Gasteiger partial charge in [0.1, 0.15) is 5.82 Å². The number of thiazole rings is 1. The van der Waals surface area contributed by atoms with E-state index in [9.17, 15) is 17.6 Å². The lowest BCUT2D eigenvalue weighted by atomic mass is 10.2. The fourth-order valence-electron chi connectivity index (χ4n) is 1.35. The lowest BCUT2D eigenvalue weighted by Gasteiger charge is -2.10. The molecule has 0 unspecified atom stereocenters. The van der Waals surface area contributed by atoms with Crippen molar-refractivity contribution >= 4 is 17.0 Å². The molecule has 1 aromatic carbocycles. The molecule has 0 spiro atoms. The predicted molar refractivity (Wildman–Crippen MR) is 60.8 cm³/mol. The predicted octanol–water partition coefficient (Wildman–Crippen LogP) is 3.91. The summed E-state index contributed by atoms with van der Waals surface area (Å²) in [5, 5.41) is 4.33. The largest absolute Gasteiger partial charge is 0.416 e. The van der Waals surface area contributed by atoms with Crippen molar-refractivity contribution in [3.05, 3.63) is 46.2 Å². The zero-order valence-corrected chi connectivity index (χ0v) is 9.78. The van der Waals surface area contributed by atoms with E-state index >= 15 is 0 Å². The zero-order valence-electron chi connectivity index (χ0n) is 8.96. The fourth-order valence-corrected chi connectivity index (χ4v) is 1.91. The molecular formula is C11H8F4N2S. The number of aromatic nitrogens is 1. The van der Waals surface area contributed by atoms with Crippen molar-refractivity contribution in [2.24, 2.45) is 0 Å². The Morgan fingerprint density at radius 2 is 2.06 bits per heavy atom. The second kappa shape index (κ2) is 4.93. The molecule has 0 radical (unpaired) electrons. The molecule has 0 aliphatic rings. The molecule has 1 aromatic heterocycles. The number of hydrogen-bond donors (Lipinski definition) is 1. The first-order valence-electron chi connectivity index (χ1n) is 4.94. The SMILES string of the molecule is Fc1ccc(C(F)(F)F)cc1NCc1cscn1. The first kappa shape index (κ1) is 12.8. The summed E-state index contributed by atoms with van der Waals surface area (Å²) in [6.07, 6.45) is -4.48. The Hall–Kier alpha value is -1.63. The summed E-state index contributed by atoms with van der Waals surface area (Å²) in [6.45, 7) is 0.182. The quantitative estimate of drug-likeness (QED) is 0.860. The molecule has 0 fully saturated rings. The van der Waals surface area contributed by atoms with Gasteiger partial charge in [0.25, 0.3) is 0 Å². The van der Waals surface area contributed by atoms with Crippen LogP contribution in [0.25, 0.3) is 0 Å². The van der Waals surface area contributed by atoms with E-state index in [1.165, 1.54) is 11.3 Å². The number of hydrogen-bond acceptors (Lipinski definition) is 3. The highest BCUT2D eigenvalue weighted by Gasteiger charge is 2.31. The van der Waals surface area contributed by atoms with Crippen LogP contribution in [0.1, 0.15) is 11.3 Å². The maximum Gasteiger partial charge on any atom is 0.416 e. The minimum atomic E-state index is -4.48. The van der Waals surface area contributed by atoms with Gasteiger partial charge in [0, 0.05) is 5.38 Å². The Kier molecular flexibility index (Phi) is 3.51. The van der Waals surface area contributed by atoms with Crippen LogP contribution in [0, 0.1) is 5.82 Å². The van der Waals surface area contributed by atoms with Gasteiger partial charge in [0.15, 0.2) is 0 Å². The number of nitrogens with one attached hydrogen (secondary N) is 1. The molecule has 0 saturated heterocycles. The first-order valence-corrected chi connectivity index (χ1v) is 5.89. The van der Waals surface area contributed by atoms with E-state index in [1.807, 2.05) is 0 Å². The lowest BCUT2D eigenvalue weighted by molar-refractivity contribution is -0.137. The number of benzene rings is 1. The van der Waals surface area contributed by atoms with Crippen molar-refractivity contribution in [3.63, 3.8) is 0 Å². The van der Waals surface area contributed by atoms with Crippen LogP contribution in [0.15, 0.2) is 29.1 Å². The van der Waals surface area contributed by atoms with Crippen LogP contribution in [0.3, 0.4) is 0 Å². The second-order valence-corrected chi connectivity index (χ2v) is 4.24. The summed E-state index contributed by atoms with van der Waals surface area (Å²) in [7, 11) is 0. The van der Waals surface area contributed by atoms with E-state index in [2.05, 4.69) is 10.3 Å². The molecule has 0 aliphatic heterocycles. The highest BCUT2D eigenvalue weighted by molar-refractivity contribution is 7.07.